The van der Waals surface area contributed by atoms with E-state index in [1.54, 1.807) is 0 Å². The third-order valence-electron chi connectivity index (χ3n) is 3.88. The van der Waals surface area contributed by atoms with Crippen molar-refractivity contribution in [2.45, 2.75) is 13.1 Å². The molecule has 0 spiro atoms. The van der Waals surface area contributed by atoms with E-state index in [0.717, 1.165) is 33.2 Å². The van der Waals surface area contributed by atoms with Crippen LogP contribution >= 0.6 is 31.9 Å². The maximum absolute atomic E-state index is 10.1. The van der Waals surface area contributed by atoms with Crippen molar-refractivity contribution in [3.63, 3.8) is 0 Å². The van der Waals surface area contributed by atoms with E-state index in [1.807, 2.05) is 50.5 Å². The van der Waals surface area contributed by atoms with Gasteiger partial charge >= 0.3 is 0 Å². The van der Waals surface area contributed by atoms with E-state index in [1.165, 1.54) is 0 Å². The maximum atomic E-state index is 10.1. The topological polar surface area (TPSA) is 46.9 Å². The fourth-order valence-corrected chi connectivity index (χ4v) is 3.27. The van der Waals surface area contributed by atoms with Crippen molar-refractivity contribution in [1.29, 1.82) is 0 Å². The summed E-state index contributed by atoms with van der Waals surface area (Å²) in [6.45, 7) is 3.08. The molecule has 0 amide bonds. The molecule has 0 saturated carbocycles. The minimum Gasteiger partial charge on any atom is -0.506 e. The molecule has 0 saturated heterocycles. The Hall–Kier alpha value is -1.08. The summed E-state index contributed by atoms with van der Waals surface area (Å²) >= 11 is 6.69. The van der Waals surface area contributed by atoms with Crippen molar-refractivity contribution < 1.29 is 10.2 Å². The van der Waals surface area contributed by atoms with Crippen molar-refractivity contribution in [2.75, 3.05) is 27.2 Å². The standard InChI is InChI=1S/C18H22Br2N2O2/c1-21(11-13-5-3-7-15(19)17(13)23)9-10-22(2)12-14-6-4-8-16(20)18(14)24/h3-8,23-24H,9-12H2,1-2H3. The fourth-order valence-electron chi connectivity index (χ4n) is 2.46. The number of phenols is 2. The minimum atomic E-state index is 0.303. The van der Waals surface area contributed by atoms with Gasteiger partial charge in [0.25, 0.3) is 0 Å². The van der Waals surface area contributed by atoms with Crippen LogP contribution < -0.4 is 0 Å². The Labute approximate surface area is 160 Å². The van der Waals surface area contributed by atoms with Crippen LogP contribution in [0.15, 0.2) is 45.3 Å². The molecule has 6 heteroatoms. The molecular formula is C18H22Br2N2O2. The second kappa shape index (κ2) is 8.85. The lowest BCUT2D eigenvalue weighted by Crippen LogP contribution is -2.30. The van der Waals surface area contributed by atoms with Gasteiger partial charge in [-0.05, 0) is 58.1 Å². The lowest BCUT2D eigenvalue weighted by atomic mass is 10.2. The predicted molar refractivity (Wildman–Crippen MR) is 104 cm³/mol. The van der Waals surface area contributed by atoms with E-state index in [2.05, 4.69) is 41.7 Å². The smallest absolute Gasteiger partial charge is 0.134 e. The molecule has 0 aliphatic carbocycles. The van der Waals surface area contributed by atoms with Crippen molar-refractivity contribution in [3.8, 4) is 11.5 Å². The number of benzene rings is 2. The quantitative estimate of drug-likeness (QED) is 0.654. The van der Waals surface area contributed by atoms with Crippen LogP contribution in [0.2, 0.25) is 0 Å². The summed E-state index contributed by atoms with van der Waals surface area (Å²) < 4.78 is 1.44. The lowest BCUT2D eigenvalue weighted by Gasteiger charge is -2.23. The second-order valence-electron chi connectivity index (χ2n) is 5.97. The molecule has 2 aromatic carbocycles. The van der Waals surface area contributed by atoms with Crippen molar-refractivity contribution >= 4 is 31.9 Å². The number of para-hydroxylation sites is 2. The molecule has 2 rings (SSSR count). The van der Waals surface area contributed by atoms with Crippen molar-refractivity contribution in [2.24, 2.45) is 0 Å². The number of aromatic hydroxyl groups is 2. The summed E-state index contributed by atoms with van der Waals surface area (Å²) in [5, 5.41) is 20.1. The Morgan fingerprint density at radius 2 is 1.12 bits per heavy atom. The van der Waals surface area contributed by atoms with Gasteiger partial charge in [0, 0.05) is 37.3 Å². The van der Waals surface area contributed by atoms with Crippen LogP contribution in [-0.4, -0.2) is 47.2 Å². The highest BCUT2D eigenvalue weighted by molar-refractivity contribution is 9.10. The summed E-state index contributed by atoms with van der Waals surface area (Å²) in [6, 6.07) is 11.4. The van der Waals surface area contributed by atoms with Gasteiger partial charge in [0.05, 0.1) is 8.95 Å². The van der Waals surface area contributed by atoms with Crippen LogP contribution in [0, 0.1) is 0 Å². The SMILES string of the molecule is CN(CCN(C)Cc1cccc(Br)c1O)Cc1cccc(Br)c1O. The number of halogens is 2. The Kier molecular flexibility index (Phi) is 7.10. The molecule has 0 aliphatic heterocycles. The second-order valence-corrected chi connectivity index (χ2v) is 7.68. The molecule has 24 heavy (non-hydrogen) atoms. The molecule has 2 aromatic rings. The van der Waals surface area contributed by atoms with Gasteiger partial charge in [-0.3, -0.25) is 0 Å². The zero-order valence-electron chi connectivity index (χ0n) is 13.8. The van der Waals surface area contributed by atoms with E-state index >= 15 is 0 Å². The zero-order chi connectivity index (χ0) is 17.7. The number of rotatable bonds is 7. The minimum absolute atomic E-state index is 0.303. The van der Waals surface area contributed by atoms with Crippen LogP contribution in [-0.2, 0) is 13.1 Å². The van der Waals surface area contributed by atoms with E-state index < -0.39 is 0 Å². The first-order valence-electron chi connectivity index (χ1n) is 7.68. The highest BCUT2D eigenvalue weighted by atomic mass is 79.9. The first-order chi connectivity index (χ1) is 11.4. The lowest BCUT2D eigenvalue weighted by molar-refractivity contribution is 0.243. The summed E-state index contributed by atoms with van der Waals surface area (Å²) in [4.78, 5) is 4.33. The molecule has 0 bridgehead atoms. The van der Waals surface area contributed by atoms with Gasteiger partial charge in [-0.2, -0.15) is 0 Å². The van der Waals surface area contributed by atoms with Crippen LogP contribution in [0.25, 0.3) is 0 Å². The number of hydrogen-bond donors (Lipinski definition) is 2. The van der Waals surface area contributed by atoms with E-state index in [-0.39, 0.29) is 0 Å². The van der Waals surface area contributed by atoms with Crippen molar-refractivity contribution in [1.82, 2.24) is 9.80 Å². The monoisotopic (exact) mass is 456 g/mol. The van der Waals surface area contributed by atoms with Crippen LogP contribution in [0.5, 0.6) is 11.5 Å². The van der Waals surface area contributed by atoms with Crippen LogP contribution in [0.1, 0.15) is 11.1 Å². The van der Waals surface area contributed by atoms with Gasteiger partial charge in [-0.25, -0.2) is 0 Å². The predicted octanol–water partition coefficient (Wildman–Crippen LogP) is 4.19. The molecule has 0 heterocycles. The highest BCUT2D eigenvalue weighted by Crippen LogP contribution is 2.29. The molecule has 0 aliphatic rings. The third kappa shape index (κ3) is 5.21. The Bertz CT molecular complexity index is 635. The first-order valence-corrected chi connectivity index (χ1v) is 9.27. The molecule has 0 atom stereocenters. The van der Waals surface area contributed by atoms with Gasteiger partial charge in [0.1, 0.15) is 11.5 Å². The van der Waals surface area contributed by atoms with Gasteiger partial charge < -0.3 is 20.0 Å². The van der Waals surface area contributed by atoms with Crippen LogP contribution in [0.4, 0.5) is 0 Å². The molecule has 4 nitrogen and oxygen atoms in total. The summed E-state index contributed by atoms with van der Waals surface area (Å²) in [6.07, 6.45) is 0. The average Bonchev–Trinajstić information content (AvgIpc) is 2.54. The van der Waals surface area contributed by atoms with Gasteiger partial charge in [-0.15, -0.1) is 0 Å². The van der Waals surface area contributed by atoms with Crippen molar-refractivity contribution in [3.05, 3.63) is 56.5 Å². The molecule has 130 valence electrons. The summed E-state index contributed by atoms with van der Waals surface area (Å²) in [5.74, 6) is 0.605. The highest BCUT2D eigenvalue weighted by Gasteiger charge is 2.10. The summed E-state index contributed by atoms with van der Waals surface area (Å²) in [5.41, 5.74) is 1.80. The largest absolute Gasteiger partial charge is 0.506 e. The van der Waals surface area contributed by atoms with E-state index in [9.17, 15) is 10.2 Å². The van der Waals surface area contributed by atoms with E-state index in [0.29, 0.717) is 24.6 Å². The Morgan fingerprint density at radius 1 is 0.750 bits per heavy atom. The maximum Gasteiger partial charge on any atom is 0.134 e. The average molecular weight is 458 g/mol. The van der Waals surface area contributed by atoms with Gasteiger partial charge in [-0.1, -0.05) is 24.3 Å². The number of likely N-dealkylation sites (N-methyl/N-ethyl adjacent to an activating group) is 2. The molecule has 0 aromatic heterocycles. The molecule has 2 N–H and O–H groups in total. The molecule has 0 unspecified atom stereocenters. The van der Waals surface area contributed by atoms with Crippen LogP contribution in [0.3, 0.4) is 0 Å². The summed E-state index contributed by atoms with van der Waals surface area (Å²) in [7, 11) is 4.07. The number of hydrogen-bond acceptors (Lipinski definition) is 4. The fraction of sp³-hybridized carbons (Fsp3) is 0.333. The molecule has 0 radical (unpaired) electrons. The first kappa shape index (κ1) is 19.2. The van der Waals surface area contributed by atoms with Gasteiger partial charge in [0.15, 0.2) is 0 Å². The third-order valence-corrected chi connectivity index (χ3v) is 5.16. The number of nitrogens with zero attached hydrogens (tertiary/aromatic N) is 2. The normalized spacial score (nSPS) is 11.4. The molecular weight excluding hydrogens is 436 g/mol. The van der Waals surface area contributed by atoms with Gasteiger partial charge in [0.2, 0.25) is 0 Å². The number of phenolic OH excluding ortho intramolecular Hbond substituents is 2. The Morgan fingerprint density at radius 3 is 1.50 bits per heavy atom. The molecule has 0 fully saturated rings. The van der Waals surface area contributed by atoms with E-state index in [4.69, 9.17) is 0 Å². The zero-order valence-corrected chi connectivity index (χ0v) is 17.0. The Balaban J connectivity index is 1.86.